The SMILES string of the molecule is Cc1sc(-c2ccccc2)nc1-c1ccc(Nc2ncnc3c2cnn3-c2ccccc2)cc1. The predicted molar refractivity (Wildman–Crippen MR) is 138 cm³/mol. The summed E-state index contributed by atoms with van der Waals surface area (Å²) in [6.07, 6.45) is 3.35. The topological polar surface area (TPSA) is 68.5 Å². The van der Waals surface area contributed by atoms with Crippen LogP contribution in [0.4, 0.5) is 11.5 Å². The number of anilines is 2. The second-order valence-electron chi connectivity index (χ2n) is 7.84. The number of thiazole rings is 1. The molecule has 0 saturated heterocycles. The molecule has 0 spiro atoms. The summed E-state index contributed by atoms with van der Waals surface area (Å²) in [5.74, 6) is 0.719. The molecule has 3 aromatic carbocycles. The first-order valence-electron chi connectivity index (χ1n) is 10.9. The largest absolute Gasteiger partial charge is 0.340 e. The number of hydrogen-bond donors (Lipinski definition) is 1. The Bertz CT molecular complexity index is 1570. The number of hydrogen-bond acceptors (Lipinski definition) is 6. The second kappa shape index (κ2) is 8.53. The van der Waals surface area contributed by atoms with Crippen molar-refractivity contribution in [2.24, 2.45) is 0 Å². The first-order chi connectivity index (χ1) is 16.8. The highest BCUT2D eigenvalue weighted by molar-refractivity contribution is 7.15. The zero-order valence-corrected chi connectivity index (χ0v) is 19.2. The summed E-state index contributed by atoms with van der Waals surface area (Å²) in [6.45, 7) is 2.12. The Kier molecular flexibility index (Phi) is 5.08. The molecule has 6 nitrogen and oxygen atoms in total. The Morgan fingerprint density at radius 1 is 0.794 bits per heavy atom. The molecule has 0 aliphatic carbocycles. The highest BCUT2D eigenvalue weighted by Crippen LogP contribution is 2.34. The van der Waals surface area contributed by atoms with Gasteiger partial charge in [0.05, 0.1) is 23.0 Å². The molecular weight excluding hydrogens is 440 g/mol. The van der Waals surface area contributed by atoms with Crippen LogP contribution < -0.4 is 5.32 Å². The smallest absolute Gasteiger partial charge is 0.168 e. The quantitative estimate of drug-likeness (QED) is 0.312. The number of benzene rings is 3. The van der Waals surface area contributed by atoms with Crippen molar-refractivity contribution in [3.63, 3.8) is 0 Å². The molecule has 0 amide bonds. The van der Waals surface area contributed by atoms with Crippen molar-refractivity contribution in [1.29, 1.82) is 0 Å². The van der Waals surface area contributed by atoms with E-state index in [1.165, 1.54) is 4.88 Å². The highest BCUT2D eigenvalue weighted by Gasteiger charge is 2.13. The lowest BCUT2D eigenvalue weighted by Crippen LogP contribution is -1.99. The summed E-state index contributed by atoms with van der Waals surface area (Å²) in [4.78, 5) is 15.0. The minimum Gasteiger partial charge on any atom is -0.340 e. The van der Waals surface area contributed by atoms with Gasteiger partial charge in [-0.3, -0.25) is 0 Å². The van der Waals surface area contributed by atoms with Gasteiger partial charge in [0.25, 0.3) is 0 Å². The Labute approximate surface area is 200 Å². The third kappa shape index (κ3) is 3.72. The first-order valence-corrected chi connectivity index (χ1v) is 11.7. The molecule has 0 atom stereocenters. The van der Waals surface area contributed by atoms with Gasteiger partial charge in [0.2, 0.25) is 0 Å². The number of rotatable bonds is 5. The molecule has 0 radical (unpaired) electrons. The summed E-state index contributed by atoms with van der Waals surface area (Å²) in [6, 6.07) is 28.5. The fraction of sp³-hybridized carbons (Fsp3) is 0.0370. The Balaban J connectivity index is 1.28. The maximum Gasteiger partial charge on any atom is 0.168 e. The van der Waals surface area contributed by atoms with Crippen LogP contribution in [0.2, 0.25) is 0 Å². The molecule has 0 bridgehead atoms. The number of nitrogens with one attached hydrogen (secondary N) is 1. The third-order valence-corrected chi connectivity index (χ3v) is 6.62. The van der Waals surface area contributed by atoms with Gasteiger partial charge in [0, 0.05) is 21.7 Å². The molecule has 1 N–H and O–H groups in total. The van der Waals surface area contributed by atoms with E-state index in [2.05, 4.69) is 51.6 Å². The van der Waals surface area contributed by atoms with E-state index in [0.29, 0.717) is 0 Å². The van der Waals surface area contributed by atoms with Gasteiger partial charge in [-0.1, -0.05) is 60.7 Å². The molecule has 0 fully saturated rings. The van der Waals surface area contributed by atoms with Crippen LogP contribution >= 0.6 is 11.3 Å². The lowest BCUT2D eigenvalue weighted by Gasteiger charge is -2.08. The number of aryl methyl sites for hydroxylation is 1. The van der Waals surface area contributed by atoms with E-state index in [4.69, 9.17) is 4.98 Å². The van der Waals surface area contributed by atoms with Crippen molar-refractivity contribution in [1.82, 2.24) is 24.7 Å². The van der Waals surface area contributed by atoms with E-state index in [-0.39, 0.29) is 0 Å². The molecule has 0 unspecified atom stereocenters. The molecule has 3 heterocycles. The molecule has 7 heteroatoms. The number of aromatic nitrogens is 5. The monoisotopic (exact) mass is 460 g/mol. The Morgan fingerprint density at radius 2 is 1.53 bits per heavy atom. The molecule has 0 saturated carbocycles. The summed E-state index contributed by atoms with van der Waals surface area (Å²) < 4.78 is 1.82. The molecule has 0 aliphatic heterocycles. The van der Waals surface area contributed by atoms with Gasteiger partial charge in [-0.05, 0) is 31.2 Å². The van der Waals surface area contributed by atoms with E-state index >= 15 is 0 Å². The average molecular weight is 461 g/mol. The Morgan fingerprint density at radius 3 is 2.29 bits per heavy atom. The molecule has 164 valence electrons. The minimum atomic E-state index is 0.719. The van der Waals surface area contributed by atoms with E-state index in [1.807, 2.05) is 65.3 Å². The third-order valence-electron chi connectivity index (χ3n) is 5.60. The summed E-state index contributed by atoms with van der Waals surface area (Å²) in [7, 11) is 0. The maximum atomic E-state index is 4.90. The van der Waals surface area contributed by atoms with E-state index < -0.39 is 0 Å². The van der Waals surface area contributed by atoms with Gasteiger partial charge >= 0.3 is 0 Å². The van der Waals surface area contributed by atoms with Crippen molar-refractivity contribution in [2.45, 2.75) is 6.92 Å². The van der Waals surface area contributed by atoms with Crippen LogP contribution in [-0.2, 0) is 0 Å². The second-order valence-corrected chi connectivity index (χ2v) is 9.05. The van der Waals surface area contributed by atoms with Gasteiger partial charge in [-0.15, -0.1) is 11.3 Å². The summed E-state index contributed by atoms with van der Waals surface area (Å²) in [5, 5.41) is 9.84. The molecule has 3 aromatic heterocycles. The lowest BCUT2D eigenvalue weighted by molar-refractivity contribution is 0.895. The highest BCUT2D eigenvalue weighted by atomic mass is 32.1. The van der Waals surface area contributed by atoms with Crippen molar-refractivity contribution in [3.05, 3.63) is 102 Å². The number of nitrogens with zero attached hydrogens (tertiary/aromatic N) is 5. The molecule has 6 aromatic rings. The van der Waals surface area contributed by atoms with Crippen LogP contribution in [0.3, 0.4) is 0 Å². The average Bonchev–Trinajstić information content (AvgIpc) is 3.50. The predicted octanol–water partition coefficient (Wildman–Crippen LogP) is 6.66. The lowest BCUT2D eigenvalue weighted by atomic mass is 10.1. The van der Waals surface area contributed by atoms with Crippen LogP contribution in [0.15, 0.2) is 97.5 Å². The van der Waals surface area contributed by atoms with Crippen molar-refractivity contribution in [3.8, 4) is 27.5 Å². The van der Waals surface area contributed by atoms with E-state index in [9.17, 15) is 0 Å². The summed E-state index contributed by atoms with van der Waals surface area (Å²) in [5.41, 5.74) is 5.90. The van der Waals surface area contributed by atoms with Gasteiger partial charge in [-0.25, -0.2) is 19.6 Å². The normalized spacial score (nSPS) is 11.1. The van der Waals surface area contributed by atoms with Gasteiger partial charge in [-0.2, -0.15) is 5.10 Å². The molecule has 0 aliphatic rings. The zero-order valence-electron chi connectivity index (χ0n) is 18.4. The van der Waals surface area contributed by atoms with Crippen molar-refractivity contribution < 1.29 is 0 Å². The maximum absolute atomic E-state index is 4.90. The van der Waals surface area contributed by atoms with Crippen LogP contribution in [-0.4, -0.2) is 24.7 Å². The standard InChI is InChI=1S/C27H20N6S/c1-18-24(32-27(34-18)20-8-4-2-5-9-20)19-12-14-21(15-13-19)31-25-23-16-30-33(26(23)29-17-28-25)22-10-6-3-7-11-22/h2-17H,1H3,(H,28,29,31). The van der Waals surface area contributed by atoms with Crippen LogP contribution in [0.5, 0.6) is 0 Å². The zero-order chi connectivity index (χ0) is 22.9. The van der Waals surface area contributed by atoms with Gasteiger partial charge < -0.3 is 5.32 Å². The fourth-order valence-corrected chi connectivity index (χ4v) is 4.86. The van der Waals surface area contributed by atoms with Crippen molar-refractivity contribution >= 4 is 33.9 Å². The van der Waals surface area contributed by atoms with Gasteiger partial charge in [0.1, 0.15) is 17.2 Å². The fourth-order valence-electron chi connectivity index (χ4n) is 3.92. The van der Waals surface area contributed by atoms with Crippen LogP contribution in [0.1, 0.15) is 4.88 Å². The van der Waals surface area contributed by atoms with Crippen LogP contribution in [0.25, 0.3) is 38.5 Å². The number of para-hydroxylation sites is 1. The molecule has 34 heavy (non-hydrogen) atoms. The van der Waals surface area contributed by atoms with Gasteiger partial charge in [0.15, 0.2) is 5.65 Å². The molecular formula is C27H20N6S. The Hall–Kier alpha value is -4.36. The van der Waals surface area contributed by atoms with E-state index in [1.54, 1.807) is 23.9 Å². The van der Waals surface area contributed by atoms with Crippen molar-refractivity contribution in [2.75, 3.05) is 5.32 Å². The summed E-state index contributed by atoms with van der Waals surface area (Å²) >= 11 is 1.72. The first kappa shape index (κ1) is 20.3. The minimum absolute atomic E-state index is 0.719. The van der Waals surface area contributed by atoms with Crippen LogP contribution in [0, 0.1) is 6.92 Å². The molecule has 6 rings (SSSR count). The van der Waals surface area contributed by atoms with E-state index in [0.717, 1.165) is 50.1 Å². The number of fused-ring (bicyclic) bond motifs is 1.